The zero-order valence-corrected chi connectivity index (χ0v) is 16.1. The van der Waals surface area contributed by atoms with Crippen LogP contribution in [0.5, 0.6) is 11.5 Å². The zero-order valence-electron chi connectivity index (χ0n) is 13.7. The number of fused-ring (bicyclic) bond motifs is 2. The highest BCUT2D eigenvalue weighted by atomic mass is 35.5. The van der Waals surface area contributed by atoms with Crippen molar-refractivity contribution < 1.29 is 17.9 Å². The summed E-state index contributed by atoms with van der Waals surface area (Å²) in [7, 11) is -1.92. The van der Waals surface area contributed by atoms with Crippen molar-refractivity contribution in [1.82, 2.24) is 4.31 Å². The van der Waals surface area contributed by atoms with Crippen molar-refractivity contribution in [2.45, 2.75) is 23.5 Å². The van der Waals surface area contributed by atoms with Gasteiger partial charge in [-0.15, -0.1) is 11.3 Å². The predicted octanol–water partition coefficient (Wildman–Crippen LogP) is 3.13. The van der Waals surface area contributed by atoms with E-state index in [0.717, 1.165) is 52.4 Å². The molecule has 4 rings (SSSR count). The Bertz CT molecular complexity index is 891. The van der Waals surface area contributed by atoms with E-state index >= 15 is 0 Å². The van der Waals surface area contributed by atoms with E-state index in [2.05, 4.69) is 6.07 Å². The third-order valence-corrected chi connectivity index (χ3v) is 8.21. The number of sulfonamides is 1. The van der Waals surface area contributed by atoms with Crippen LogP contribution in [0.25, 0.3) is 0 Å². The molecule has 5 nitrogen and oxygen atoms in total. The third kappa shape index (κ3) is 3.03. The van der Waals surface area contributed by atoms with Crippen molar-refractivity contribution in [2.75, 3.05) is 26.8 Å². The molecular weight excluding hydrogens is 382 g/mol. The first kappa shape index (κ1) is 17.1. The summed E-state index contributed by atoms with van der Waals surface area (Å²) in [6.07, 6.45) is 2.32. The number of hydrogen-bond acceptors (Lipinski definition) is 5. The van der Waals surface area contributed by atoms with E-state index in [1.807, 2.05) is 0 Å². The van der Waals surface area contributed by atoms with Crippen LogP contribution >= 0.6 is 22.9 Å². The Kier molecular flexibility index (Phi) is 4.43. The number of nitrogens with zero attached hydrogens (tertiary/aromatic N) is 1. The summed E-state index contributed by atoms with van der Waals surface area (Å²) in [5, 5.41) is 0. The summed E-state index contributed by atoms with van der Waals surface area (Å²) >= 11 is 6.95. The average molecular weight is 400 g/mol. The van der Waals surface area contributed by atoms with Crippen LogP contribution in [0.2, 0.25) is 4.34 Å². The molecule has 1 aromatic carbocycles. The lowest BCUT2D eigenvalue weighted by Crippen LogP contribution is -2.28. The van der Waals surface area contributed by atoms with E-state index in [9.17, 15) is 8.42 Å². The molecule has 1 aromatic heterocycles. The van der Waals surface area contributed by atoms with Crippen LogP contribution in [0, 0.1) is 0 Å². The Balaban J connectivity index is 1.58. The second-order valence-corrected chi connectivity index (χ2v) is 10.1. The molecule has 2 aromatic rings. The number of benzene rings is 1. The topological polar surface area (TPSA) is 55.8 Å². The normalized spacial score (nSPS) is 15.8. The third-order valence-electron chi connectivity index (χ3n) is 4.65. The summed E-state index contributed by atoms with van der Waals surface area (Å²) < 4.78 is 39.0. The molecule has 2 aliphatic rings. The van der Waals surface area contributed by atoms with Crippen LogP contribution in [0.4, 0.5) is 0 Å². The fraction of sp³-hybridized carbons (Fsp3) is 0.412. The minimum absolute atomic E-state index is 0.267. The van der Waals surface area contributed by atoms with Gasteiger partial charge in [-0.2, -0.15) is 4.31 Å². The quantitative estimate of drug-likeness (QED) is 0.775. The monoisotopic (exact) mass is 399 g/mol. The van der Waals surface area contributed by atoms with Crippen LogP contribution in [-0.4, -0.2) is 39.5 Å². The van der Waals surface area contributed by atoms with Gasteiger partial charge in [-0.05, 0) is 24.6 Å². The van der Waals surface area contributed by atoms with E-state index < -0.39 is 10.0 Å². The molecule has 8 heteroatoms. The first-order valence-corrected chi connectivity index (χ1v) is 10.7. The molecule has 2 aliphatic heterocycles. The van der Waals surface area contributed by atoms with Crippen molar-refractivity contribution in [3.63, 3.8) is 0 Å². The van der Waals surface area contributed by atoms with E-state index in [-0.39, 0.29) is 4.21 Å². The minimum Gasteiger partial charge on any atom is -0.493 e. The molecule has 0 amide bonds. The van der Waals surface area contributed by atoms with Gasteiger partial charge in [0.15, 0.2) is 0 Å². The number of hydrogen-bond donors (Lipinski definition) is 0. The molecule has 25 heavy (non-hydrogen) atoms. The summed E-state index contributed by atoms with van der Waals surface area (Å²) in [6, 6.07) is 5.23. The predicted molar refractivity (Wildman–Crippen MR) is 97.7 cm³/mol. The van der Waals surface area contributed by atoms with Crippen LogP contribution in [0.3, 0.4) is 0 Å². The van der Waals surface area contributed by atoms with Gasteiger partial charge in [0, 0.05) is 43.1 Å². The number of rotatable bonds is 5. The first-order chi connectivity index (χ1) is 12.0. The first-order valence-electron chi connectivity index (χ1n) is 8.11. The maximum absolute atomic E-state index is 12.7. The van der Waals surface area contributed by atoms with E-state index in [1.54, 1.807) is 19.2 Å². The molecule has 3 heterocycles. The summed E-state index contributed by atoms with van der Waals surface area (Å²) in [5.41, 5.74) is 3.41. The molecule has 0 radical (unpaired) electrons. The lowest BCUT2D eigenvalue weighted by atomic mass is 9.97. The molecule has 0 unspecified atom stereocenters. The summed E-state index contributed by atoms with van der Waals surface area (Å²) in [4.78, 5) is 0. The Hall–Kier alpha value is -1.28. The van der Waals surface area contributed by atoms with Crippen molar-refractivity contribution in [3.8, 4) is 11.5 Å². The van der Waals surface area contributed by atoms with Gasteiger partial charge in [-0.25, -0.2) is 8.42 Å². The molecule has 0 saturated heterocycles. The van der Waals surface area contributed by atoms with Gasteiger partial charge >= 0.3 is 0 Å². The Labute approximate surface area is 156 Å². The van der Waals surface area contributed by atoms with E-state index in [1.165, 1.54) is 4.31 Å². The van der Waals surface area contributed by atoms with Gasteiger partial charge in [0.1, 0.15) is 15.7 Å². The number of thiophene rings is 1. The lowest BCUT2D eigenvalue weighted by Gasteiger charge is -2.18. The van der Waals surface area contributed by atoms with Crippen molar-refractivity contribution >= 4 is 33.0 Å². The summed E-state index contributed by atoms with van der Waals surface area (Å²) in [5.74, 6) is 1.85. The largest absolute Gasteiger partial charge is 0.493 e. The molecule has 0 fully saturated rings. The van der Waals surface area contributed by atoms with Gasteiger partial charge in [-0.3, -0.25) is 0 Å². The second-order valence-electron chi connectivity index (χ2n) is 6.15. The Morgan fingerprint density at radius 3 is 2.80 bits per heavy atom. The molecular formula is C17H18ClNO4S2. The molecule has 0 bridgehead atoms. The van der Waals surface area contributed by atoms with Crippen LogP contribution in [0.1, 0.15) is 16.7 Å². The van der Waals surface area contributed by atoms with Crippen molar-refractivity contribution in [1.29, 1.82) is 0 Å². The smallest absolute Gasteiger partial charge is 0.252 e. The Morgan fingerprint density at radius 1 is 1.24 bits per heavy atom. The van der Waals surface area contributed by atoms with Crippen LogP contribution < -0.4 is 9.47 Å². The summed E-state index contributed by atoms with van der Waals surface area (Å²) in [6.45, 7) is 1.73. The SMILES string of the molecule is CN(CCc1c2c(cc3c1OCC3)OCC2)S(=O)(=O)c1ccc(Cl)s1. The maximum atomic E-state index is 12.7. The second kappa shape index (κ2) is 6.46. The highest BCUT2D eigenvalue weighted by Crippen LogP contribution is 2.41. The van der Waals surface area contributed by atoms with Crippen LogP contribution in [-0.2, 0) is 29.3 Å². The van der Waals surface area contributed by atoms with Gasteiger partial charge in [0.05, 0.1) is 17.6 Å². The van der Waals surface area contributed by atoms with Crippen LogP contribution in [0.15, 0.2) is 22.4 Å². The number of ether oxygens (including phenoxy) is 2. The van der Waals surface area contributed by atoms with Gasteiger partial charge < -0.3 is 9.47 Å². The van der Waals surface area contributed by atoms with Gasteiger partial charge in [0.25, 0.3) is 10.0 Å². The Morgan fingerprint density at radius 2 is 2.04 bits per heavy atom. The molecule has 134 valence electrons. The van der Waals surface area contributed by atoms with Crippen molar-refractivity contribution in [2.24, 2.45) is 0 Å². The number of halogens is 1. The van der Waals surface area contributed by atoms with Crippen molar-refractivity contribution in [3.05, 3.63) is 39.2 Å². The van der Waals surface area contributed by atoms with E-state index in [4.69, 9.17) is 21.1 Å². The molecule has 0 N–H and O–H groups in total. The molecule has 0 atom stereocenters. The van der Waals surface area contributed by atoms with Gasteiger partial charge in [0.2, 0.25) is 0 Å². The molecule has 0 spiro atoms. The average Bonchev–Trinajstić information content (AvgIpc) is 3.30. The fourth-order valence-electron chi connectivity index (χ4n) is 3.33. The lowest BCUT2D eigenvalue weighted by molar-refractivity contribution is 0.351. The molecule has 0 aliphatic carbocycles. The zero-order chi connectivity index (χ0) is 17.6. The highest BCUT2D eigenvalue weighted by molar-refractivity contribution is 7.91. The maximum Gasteiger partial charge on any atom is 0.252 e. The fourth-order valence-corrected chi connectivity index (χ4v) is 6.19. The highest BCUT2D eigenvalue weighted by Gasteiger charge is 2.28. The minimum atomic E-state index is -3.52. The molecule has 0 saturated carbocycles. The van der Waals surface area contributed by atoms with E-state index in [0.29, 0.717) is 30.5 Å². The number of likely N-dealkylation sites (N-methyl/N-ethyl adjacent to an activating group) is 1. The van der Waals surface area contributed by atoms with Gasteiger partial charge in [-0.1, -0.05) is 11.6 Å². The standard InChI is InChI=1S/C17H18ClNO4S2/c1-19(25(20,21)16-3-2-15(18)24-16)7-4-13-12-6-9-22-14(12)10-11-5-8-23-17(11)13/h2-3,10H,4-9H2,1H3.